The van der Waals surface area contributed by atoms with E-state index in [9.17, 15) is 0 Å². The number of pyridine rings is 1. The van der Waals surface area contributed by atoms with E-state index in [4.69, 9.17) is 4.98 Å². The molecule has 2 heterocycles. The van der Waals surface area contributed by atoms with Gasteiger partial charge in [-0.15, -0.1) is 0 Å². The first-order valence-corrected chi connectivity index (χ1v) is 7.27. The number of nitrogens with zero attached hydrogens (tertiary/aromatic N) is 2. The van der Waals surface area contributed by atoms with E-state index in [1.807, 2.05) is 18.2 Å². The van der Waals surface area contributed by atoms with Crippen molar-refractivity contribution in [1.82, 2.24) is 9.38 Å². The minimum absolute atomic E-state index is 0.0246. The van der Waals surface area contributed by atoms with Crippen LogP contribution in [0.4, 0.5) is 5.82 Å². The first kappa shape index (κ1) is 13.7. The van der Waals surface area contributed by atoms with E-state index in [1.54, 1.807) is 0 Å². The lowest BCUT2D eigenvalue weighted by Gasteiger charge is -2.22. The number of imidazole rings is 1. The van der Waals surface area contributed by atoms with Gasteiger partial charge < -0.3 is 5.32 Å². The zero-order chi connectivity index (χ0) is 15.0. The molecule has 0 bridgehead atoms. The third-order valence-corrected chi connectivity index (χ3v) is 3.42. The highest BCUT2D eigenvalue weighted by Crippen LogP contribution is 2.32. The number of aryl methyl sites for hydroxylation is 1. The molecule has 21 heavy (non-hydrogen) atoms. The van der Waals surface area contributed by atoms with Crippen molar-refractivity contribution in [3.8, 4) is 11.3 Å². The van der Waals surface area contributed by atoms with E-state index >= 15 is 0 Å². The van der Waals surface area contributed by atoms with Crippen LogP contribution < -0.4 is 5.32 Å². The maximum absolute atomic E-state index is 4.83. The van der Waals surface area contributed by atoms with E-state index in [2.05, 4.69) is 67.9 Å². The molecular formula is C18H21N3. The lowest BCUT2D eigenvalue weighted by molar-refractivity contribution is 0.629. The second kappa shape index (κ2) is 4.92. The smallest absolute Gasteiger partial charge is 0.139 e. The maximum atomic E-state index is 4.83. The largest absolute Gasteiger partial charge is 0.365 e. The molecule has 3 rings (SSSR count). The number of aromatic nitrogens is 2. The molecule has 0 atom stereocenters. The maximum Gasteiger partial charge on any atom is 0.139 e. The third-order valence-electron chi connectivity index (χ3n) is 3.42. The summed E-state index contributed by atoms with van der Waals surface area (Å²) >= 11 is 0. The van der Waals surface area contributed by atoms with Gasteiger partial charge in [-0.25, -0.2) is 4.98 Å². The summed E-state index contributed by atoms with van der Waals surface area (Å²) in [5, 5.41) is 3.60. The predicted octanol–water partition coefficient (Wildman–Crippen LogP) is 4.52. The van der Waals surface area contributed by atoms with Crippen molar-refractivity contribution in [2.75, 3.05) is 5.32 Å². The highest BCUT2D eigenvalue weighted by molar-refractivity contribution is 5.78. The highest BCUT2D eigenvalue weighted by Gasteiger charge is 2.19. The number of rotatable bonds is 2. The monoisotopic (exact) mass is 279 g/mol. The number of nitrogens with one attached hydrogen (secondary N) is 1. The molecule has 0 spiro atoms. The molecule has 0 saturated heterocycles. The fraction of sp³-hybridized carbons (Fsp3) is 0.278. The summed E-state index contributed by atoms with van der Waals surface area (Å²) in [4.78, 5) is 4.83. The Labute approximate surface area is 125 Å². The average Bonchev–Trinajstić information content (AvgIpc) is 2.76. The van der Waals surface area contributed by atoms with Crippen molar-refractivity contribution in [1.29, 1.82) is 0 Å². The topological polar surface area (TPSA) is 29.3 Å². The van der Waals surface area contributed by atoms with Crippen LogP contribution in [0.1, 0.15) is 26.3 Å². The van der Waals surface area contributed by atoms with Gasteiger partial charge in [0, 0.05) is 17.3 Å². The standard InChI is InChI=1S/C18H21N3/c1-13-9-5-6-10-14(13)16-17(20-18(2,3)4)21-12-8-7-11-15(21)19-16/h5-12,20H,1-4H3. The van der Waals surface area contributed by atoms with Crippen LogP contribution in [-0.2, 0) is 0 Å². The van der Waals surface area contributed by atoms with Gasteiger partial charge in [-0.1, -0.05) is 30.3 Å². The van der Waals surface area contributed by atoms with Crippen LogP contribution in [0.5, 0.6) is 0 Å². The Morgan fingerprint density at radius 1 is 1.00 bits per heavy atom. The Bertz CT molecular complexity index is 779. The lowest BCUT2D eigenvalue weighted by Crippen LogP contribution is -2.27. The van der Waals surface area contributed by atoms with E-state index in [-0.39, 0.29) is 5.54 Å². The zero-order valence-electron chi connectivity index (χ0n) is 13.0. The second-order valence-electron chi connectivity index (χ2n) is 6.43. The normalized spacial score (nSPS) is 11.8. The lowest BCUT2D eigenvalue weighted by atomic mass is 10.0. The molecule has 0 amide bonds. The van der Waals surface area contributed by atoms with E-state index in [1.165, 1.54) is 11.1 Å². The molecule has 2 aromatic heterocycles. The molecule has 3 heteroatoms. The minimum Gasteiger partial charge on any atom is -0.365 e. The molecule has 0 unspecified atom stereocenters. The van der Waals surface area contributed by atoms with Gasteiger partial charge in [0.05, 0.1) is 0 Å². The second-order valence-corrected chi connectivity index (χ2v) is 6.43. The van der Waals surface area contributed by atoms with Crippen LogP contribution in [0.3, 0.4) is 0 Å². The zero-order valence-corrected chi connectivity index (χ0v) is 13.0. The number of fused-ring (bicyclic) bond motifs is 1. The van der Waals surface area contributed by atoms with Crippen LogP contribution in [-0.4, -0.2) is 14.9 Å². The Morgan fingerprint density at radius 3 is 2.43 bits per heavy atom. The van der Waals surface area contributed by atoms with Gasteiger partial charge >= 0.3 is 0 Å². The van der Waals surface area contributed by atoms with E-state index < -0.39 is 0 Å². The number of hydrogen-bond donors (Lipinski definition) is 1. The molecule has 0 saturated carbocycles. The van der Waals surface area contributed by atoms with Gasteiger partial charge in [0.1, 0.15) is 17.2 Å². The van der Waals surface area contributed by atoms with Crippen molar-refractivity contribution in [3.63, 3.8) is 0 Å². The Morgan fingerprint density at radius 2 is 1.71 bits per heavy atom. The van der Waals surface area contributed by atoms with Crippen molar-refractivity contribution in [3.05, 3.63) is 54.2 Å². The summed E-state index contributed by atoms with van der Waals surface area (Å²) in [6.45, 7) is 8.62. The number of anilines is 1. The summed E-state index contributed by atoms with van der Waals surface area (Å²) in [5.74, 6) is 1.05. The molecule has 1 N–H and O–H groups in total. The summed E-state index contributed by atoms with van der Waals surface area (Å²) < 4.78 is 2.12. The highest BCUT2D eigenvalue weighted by atomic mass is 15.2. The summed E-state index contributed by atoms with van der Waals surface area (Å²) in [6.07, 6.45) is 2.05. The molecular weight excluding hydrogens is 258 g/mol. The summed E-state index contributed by atoms with van der Waals surface area (Å²) in [7, 11) is 0. The van der Waals surface area contributed by atoms with Crippen LogP contribution in [0, 0.1) is 6.92 Å². The quantitative estimate of drug-likeness (QED) is 0.747. The average molecular weight is 279 g/mol. The first-order valence-electron chi connectivity index (χ1n) is 7.27. The third kappa shape index (κ3) is 2.64. The first-order chi connectivity index (χ1) is 9.96. The van der Waals surface area contributed by atoms with Gasteiger partial charge in [0.15, 0.2) is 0 Å². The molecule has 3 aromatic rings. The molecule has 0 fully saturated rings. The van der Waals surface area contributed by atoms with E-state index in [0.29, 0.717) is 0 Å². The molecule has 108 valence electrons. The summed E-state index contributed by atoms with van der Waals surface area (Å²) in [6, 6.07) is 14.5. The van der Waals surface area contributed by atoms with E-state index in [0.717, 1.165) is 17.2 Å². The van der Waals surface area contributed by atoms with Crippen LogP contribution in [0.2, 0.25) is 0 Å². The van der Waals surface area contributed by atoms with Crippen LogP contribution >= 0.6 is 0 Å². The molecule has 0 aliphatic carbocycles. The Kier molecular flexibility index (Phi) is 3.20. The summed E-state index contributed by atoms with van der Waals surface area (Å²) in [5.41, 5.74) is 4.35. The van der Waals surface area contributed by atoms with Crippen molar-refractivity contribution >= 4 is 11.5 Å². The van der Waals surface area contributed by atoms with Gasteiger partial charge in [0.2, 0.25) is 0 Å². The molecule has 0 aliphatic heterocycles. The van der Waals surface area contributed by atoms with Crippen molar-refractivity contribution in [2.24, 2.45) is 0 Å². The molecule has 0 aliphatic rings. The fourth-order valence-corrected chi connectivity index (χ4v) is 2.50. The molecule has 1 aromatic carbocycles. The fourth-order valence-electron chi connectivity index (χ4n) is 2.50. The van der Waals surface area contributed by atoms with Crippen molar-refractivity contribution < 1.29 is 0 Å². The SMILES string of the molecule is Cc1ccccc1-c1nc2ccccn2c1NC(C)(C)C. The Hall–Kier alpha value is -2.29. The number of benzene rings is 1. The van der Waals surface area contributed by atoms with Crippen LogP contribution in [0.25, 0.3) is 16.9 Å². The Balaban J connectivity index is 2.27. The molecule has 0 radical (unpaired) electrons. The minimum atomic E-state index is -0.0246. The van der Waals surface area contributed by atoms with Gasteiger partial charge in [-0.3, -0.25) is 4.40 Å². The van der Waals surface area contributed by atoms with Crippen LogP contribution in [0.15, 0.2) is 48.7 Å². The number of hydrogen-bond acceptors (Lipinski definition) is 2. The van der Waals surface area contributed by atoms with Gasteiger partial charge in [-0.05, 0) is 45.4 Å². The van der Waals surface area contributed by atoms with Gasteiger partial charge in [0.25, 0.3) is 0 Å². The predicted molar refractivity (Wildman–Crippen MR) is 88.7 cm³/mol. The van der Waals surface area contributed by atoms with Crippen molar-refractivity contribution in [2.45, 2.75) is 33.2 Å². The van der Waals surface area contributed by atoms with Gasteiger partial charge in [-0.2, -0.15) is 0 Å². The molecule has 3 nitrogen and oxygen atoms in total.